The van der Waals surface area contributed by atoms with Crippen LogP contribution in [0.4, 0.5) is 5.69 Å². The zero-order chi connectivity index (χ0) is 15.9. The van der Waals surface area contributed by atoms with Gasteiger partial charge in [0.15, 0.2) is 0 Å². The van der Waals surface area contributed by atoms with Gasteiger partial charge in [0.25, 0.3) is 0 Å². The molecule has 0 fully saturated rings. The molecule has 2 N–H and O–H groups in total. The second kappa shape index (κ2) is 7.94. The number of hydrogen-bond acceptors (Lipinski definition) is 3. The van der Waals surface area contributed by atoms with Gasteiger partial charge in [0.05, 0.1) is 17.9 Å². The number of aromatic nitrogens is 1. The van der Waals surface area contributed by atoms with Gasteiger partial charge in [-0.25, -0.2) is 0 Å². The van der Waals surface area contributed by atoms with Crippen LogP contribution in [0, 0.1) is 5.92 Å². The van der Waals surface area contributed by atoms with E-state index in [1.165, 1.54) is 0 Å². The molecule has 1 aromatic heterocycles. The van der Waals surface area contributed by atoms with Crippen molar-refractivity contribution in [3.05, 3.63) is 58.8 Å². The number of pyridine rings is 1. The Morgan fingerprint density at radius 2 is 1.95 bits per heavy atom. The van der Waals surface area contributed by atoms with Crippen LogP contribution < -0.4 is 10.6 Å². The molecule has 0 radical (unpaired) electrons. The lowest BCUT2D eigenvalue weighted by molar-refractivity contribution is -0.124. The first kappa shape index (κ1) is 16.5. The summed E-state index contributed by atoms with van der Waals surface area (Å²) in [6, 6.07) is 12.0. The van der Waals surface area contributed by atoms with E-state index in [2.05, 4.69) is 31.5 Å². The number of halogens is 1. The predicted octanol–water partition coefficient (Wildman–Crippen LogP) is 3.77. The van der Waals surface area contributed by atoms with Crippen LogP contribution in [-0.2, 0) is 4.79 Å². The molecule has 0 aliphatic carbocycles. The standard InChI is InChI=1S/C17H20BrN3O/c1-12(2)17(22)20-11-16(13-6-4-3-5-7-13)21-15-8-14(18)9-19-10-15/h3-10,12,16,21H,11H2,1-2H3,(H,20,22)/t16-/m1/s1. The van der Waals surface area contributed by atoms with Gasteiger partial charge in [-0.1, -0.05) is 44.2 Å². The van der Waals surface area contributed by atoms with Crippen molar-refractivity contribution >= 4 is 27.5 Å². The summed E-state index contributed by atoms with van der Waals surface area (Å²) in [5.41, 5.74) is 2.02. The molecule has 2 aromatic rings. The zero-order valence-electron chi connectivity index (χ0n) is 12.7. The fourth-order valence-electron chi connectivity index (χ4n) is 2.04. The van der Waals surface area contributed by atoms with Crippen molar-refractivity contribution in [3.63, 3.8) is 0 Å². The average Bonchev–Trinajstić information content (AvgIpc) is 2.52. The summed E-state index contributed by atoms with van der Waals surface area (Å²) in [5.74, 6) is 0.0269. The minimum Gasteiger partial charge on any atom is -0.375 e. The van der Waals surface area contributed by atoms with Gasteiger partial charge in [0, 0.05) is 23.1 Å². The van der Waals surface area contributed by atoms with Crippen LogP contribution in [0.3, 0.4) is 0 Å². The van der Waals surface area contributed by atoms with Gasteiger partial charge in [-0.05, 0) is 27.6 Å². The molecule has 0 aliphatic heterocycles. The molecule has 0 saturated carbocycles. The van der Waals surface area contributed by atoms with Gasteiger partial charge in [-0.2, -0.15) is 0 Å². The summed E-state index contributed by atoms with van der Waals surface area (Å²) in [5, 5.41) is 6.41. The topological polar surface area (TPSA) is 54.0 Å². The van der Waals surface area contributed by atoms with Gasteiger partial charge in [-0.15, -0.1) is 0 Å². The van der Waals surface area contributed by atoms with Crippen LogP contribution in [0.25, 0.3) is 0 Å². The molecule has 1 amide bonds. The number of benzene rings is 1. The monoisotopic (exact) mass is 361 g/mol. The minimum absolute atomic E-state index is 0.0139. The van der Waals surface area contributed by atoms with Crippen molar-refractivity contribution in [1.82, 2.24) is 10.3 Å². The molecule has 22 heavy (non-hydrogen) atoms. The largest absolute Gasteiger partial charge is 0.375 e. The van der Waals surface area contributed by atoms with E-state index in [-0.39, 0.29) is 17.9 Å². The molecule has 1 aromatic carbocycles. The van der Waals surface area contributed by atoms with Crippen molar-refractivity contribution < 1.29 is 4.79 Å². The molecule has 0 bridgehead atoms. The second-order valence-electron chi connectivity index (χ2n) is 5.40. The third-order valence-electron chi connectivity index (χ3n) is 3.25. The van der Waals surface area contributed by atoms with Crippen LogP contribution in [0.1, 0.15) is 25.5 Å². The Balaban J connectivity index is 2.13. The van der Waals surface area contributed by atoms with E-state index in [1.807, 2.05) is 50.2 Å². The second-order valence-corrected chi connectivity index (χ2v) is 6.31. The Hall–Kier alpha value is -1.88. The molecule has 4 nitrogen and oxygen atoms in total. The van der Waals surface area contributed by atoms with Crippen molar-refractivity contribution in [3.8, 4) is 0 Å². The lowest BCUT2D eigenvalue weighted by Crippen LogP contribution is -2.34. The lowest BCUT2D eigenvalue weighted by Gasteiger charge is -2.21. The van der Waals surface area contributed by atoms with Crippen LogP contribution in [0.2, 0.25) is 0 Å². The normalized spacial score (nSPS) is 12.0. The van der Waals surface area contributed by atoms with Gasteiger partial charge in [0.1, 0.15) is 0 Å². The zero-order valence-corrected chi connectivity index (χ0v) is 14.3. The molecule has 0 aliphatic rings. The minimum atomic E-state index is -0.0241. The van der Waals surface area contributed by atoms with Crippen LogP contribution >= 0.6 is 15.9 Å². The third-order valence-corrected chi connectivity index (χ3v) is 3.69. The predicted molar refractivity (Wildman–Crippen MR) is 92.6 cm³/mol. The Bertz CT molecular complexity index is 616. The molecule has 5 heteroatoms. The maximum absolute atomic E-state index is 11.8. The first-order valence-electron chi connectivity index (χ1n) is 7.26. The van der Waals surface area contributed by atoms with Gasteiger partial charge in [0.2, 0.25) is 5.91 Å². The maximum Gasteiger partial charge on any atom is 0.222 e. The lowest BCUT2D eigenvalue weighted by atomic mass is 10.1. The summed E-state index contributed by atoms with van der Waals surface area (Å²) in [7, 11) is 0. The Morgan fingerprint density at radius 3 is 2.59 bits per heavy atom. The molecule has 1 heterocycles. The van der Waals surface area contributed by atoms with E-state index in [1.54, 1.807) is 12.4 Å². The van der Waals surface area contributed by atoms with Crippen LogP contribution in [0.5, 0.6) is 0 Å². The Kier molecular flexibility index (Phi) is 5.95. The molecule has 0 saturated heterocycles. The molecule has 1 atom stereocenters. The first-order chi connectivity index (χ1) is 10.6. The number of nitrogens with zero attached hydrogens (tertiary/aromatic N) is 1. The number of nitrogens with one attached hydrogen (secondary N) is 2. The highest BCUT2D eigenvalue weighted by Crippen LogP contribution is 2.21. The number of anilines is 1. The highest BCUT2D eigenvalue weighted by atomic mass is 79.9. The highest BCUT2D eigenvalue weighted by molar-refractivity contribution is 9.10. The highest BCUT2D eigenvalue weighted by Gasteiger charge is 2.14. The van der Waals surface area contributed by atoms with E-state index < -0.39 is 0 Å². The summed E-state index contributed by atoms with van der Waals surface area (Å²) < 4.78 is 0.913. The number of carbonyl (C=O) groups excluding carboxylic acids is 1. The average molecular weight is 362 g/mol. The van der Waals surface area contributed by atoms with Gasteiger partial charge in [-0.3, -0.25) is 9.78 Å². The number of carbonyl (C=O) groups is 1. The van der Waals surface area contributed by atoms with E-state index in [0.717, 1.165) is 15.7 Å². The van der Waals surface area contributed by atoms with E-state index in [4.69, 9.17) is 0 Å². The quantitative estimate of drug-likeness (QED) is 0.823. The summed E-state index contributed by atoms with van der Waals surface area (Å²) >= 11 is 3.42. The summed E-state index contributed by atoms with van der Waals surface area (Å²) in [6.45, 7) is 4.30. The van der Waals surface area contributed by atoms with E-state index in [0.29, 0.717) is 6.54 Å². The smallest absolute Gasteiger partial charge is 0.222 e. The fraction of sp³-hybridized carbons (Fsp3) is 0.294. The summed E-state index contributed by atoms with van der Waals surface area (Å²) in [4.78, 5) is 16.0. The molecular weight excluding hydrogens is 342 g/mol. The molecular formula is C17H20BrN3O. The maximum atomic E-state index is 11.8. The molecule has 2 rings (SSSR count). The Morgan fingerprint density at radius 1 is 1.23 bits per heavy atom. The van der Waals surface area contributed by atoms with Crippen LogP contribution in [0.15, 0.2) is 53.3 Å². The van der Waals surface area contributed by atoms with Crippen LogP contribution in [-0.4, -0.2) is 17.4 Å². The van der Waals surface area contributed by atoms with Crippen molar-refractivity contribution in [2.45, 2.75) is 19.9 Å². The van der Waals surface area contributed by atoms with Crippen molar-refractivity contribution in [1.29, 1.82) is 0 Å². The first-order valence-corrected chi connectivity index (χ1v) is 8.05. The van der Waals surface area contributed by atoms with E-state index in [9.17, 15) is 4.79 Å². The van der Waals surface area contributed by atoms with Gasteiger partial charge < -0.3 is 10.6 Å². The fourth-order valence-corrected chi connectivity index (χ4v) is 2.40. The third kappa shape index (κ3) is 4.84. The van der Waals surface area contributed by atoms with Gasteiger partial charge >= 0.3 is 0 Å². The molecule has 0 spiro atoms. The molecule has 116 valence electrons. The number of rotatable bonds is 6. The number of amides is 1. The Labute approximate surface area is 139 Å². The SMILES string of the molecule is CC(C)C(=O)NC[C@@H](Nc1cncc(Br)c1)c1ccccc1. The van der Waals surface area contributed by atoms with Crippen molar-refractivity contribution in [2.24, 2.45) is 5.92 Å². The molecule has 0 unspecified atom stereocenters. The number of hydrogen-bond donors (Lipinski definition) is 2. The summed E-state index contributed by atoms with van der Waals surface area (Å²) in [6.07, 6.45) is 3.51. The van der Waals surface area contributed by atoms with E-state index >= 15 is 0 Å². The van der Waals surface area contributed by atoms with Crippen molar-refractivity contribution in [2.75, 3.05) is 11.9 Å².